The molecule has 0 aromatic heterocycles. The van der Waals surface area contributed by atoms with E-state index in [0.717, 1.165) is 18.7 Å². The Morgan fingerprint density at radius 1 is 1.04 bits per heavy atom. The summed E-state index contributed by atoms with van der Waals surface area (Å²) in [7, 11) is 1.91. The molecule has 3 nitrogen and oxygen atoms in total. The maximum Gasteiger partial charge on any atom is 0.239 e. The average Bonchev–Trinajstić information content (AvgIpc) is 3.11. The molecule has 1 fully saturated rings. The van der Waals surface area contributed by atoms with Crippen LogP contribution in [0.3, 0.4) is 0 Å². The molecule has 0 unspecified atom stereocenters. The van der Waals surface area contributed by atoms with Gasteiger partial charge in [0.1, 0.15) is 0 Å². The van der Waals surface area contributed by atoms with Crippen molar-refractivity contribution in [1.82, 2.24) is 4.90 Å². The molecule has 124 valence electrons. The van der Waals surface area contributed by atoms with E-state index in [2.05, 4.69) is 61.2 Å². The number of amides is 1. The Morgan fingerprint density at radius 3 is 2.42 bits per heavy atom. The predicted molar refractivity (Wildman–Crippen MR) is 97.2 cm³/mol. The van der Waals surface area contributed by atoms with Crippen molar-refractivity contribution in [1.29, 1.82) is 0 Å². The van der Waals surface area contributed by atoms with Gasteiger partial charge in [-0.05, 0) is 37.5 Å². The summed E-state index contributed by atoms with van der Waals surface area (Å²) in [5, 5.41) is 0. The fourth-order valence-corrected chi connectivity index (χ4v) is 4.70. The van der Waals surface area contributed by atoms with Crippen LogP contribution in [-0.4, -0.2) is 30.4 Å². The van der Waals surface area contributed by atoms with Crippen LogP contribution in [-0.2, 0) is 10.2 Å². The lowest BCUT2D eigenvalue weighted by Crippen LogP contribution is -2.44. The van der Waals surface area contributed by atoms with Gasteiger partial charge in [0, 0.05) is 25.3 Å². The predicted octanol–water partition coefficient (Wildman–Crippen LogP) is 3.76. The lowest BCUT2D eigenvalue weighted by Gasteiger charge is -2.36. The monoisotopic (exact) mass is 320 g/mol. The van der Waals surface area contributed by atoms with Crippen molar-refractivity contribution < 1.29 is 4.79 Å². The van der Waals surface area contributed by atoms with Gasteiger partial charge in [0.2, 0.25) is 5.91 Å². The van der Waals surface area contributed by atoms with Crippen molar-refractivity contribution in [3.05, 3.63) is 65.7 Å². The number of fused-ring (bicyclic) bond motifs is 2. The molecule has 1 spiro atoms. The second-order valence-corrected chi connectivity index (χ2v) is 7.25. The number of anilines is 1. The summed E-state index contributed by atoms with van der Waals surface area (Å²) in [6.07, 6.45) is 0.880. The number of benzene rings is 2. The Kier molecular flexibility index (Phi) is 3.50. The first-order valence-corrected chi connectivity index (χ1v) is 8.75. The fourth-order valence-electron chi connectivity index (χ4n) is 4.70. The molecule has 24 heavy (non-hydrogen) atoms. The number of carbonyl (C=O) groups excluding carboxylic acids is 1. The van der Waals surface area contributed by atoms with Gasteiger partial charge in [-0.2, -0.15) is 0 Å². The van der Waals surface area contributed by atoms with Crippen LogP contribution in [0, 0.1) is 0 Å². The van der Waals surface area contributed by atoms with Gasteiger partial charge in [-0.15, -0.1) is 0 Å². The van der Waals surface area contributed by atoms with Crippen molar-refractivity contribution in [3.63, 3.8) is 0 Å². The second-order valence-electron chi connectivity index (χ2n) is 7.25. The van der Waals surface area contributed by atoms with Crippen molar-refractivity contribution in [2.24, 2.45) is 0 Å². The zero-order valence-corrected chi connectivity index (χ0v) is 14.6. The molecule has 2 aromatic carbocycles. The SMILES string of the molecule is CC(C)N1CC[C@@]2(C(=O)N(C)c3ccccc32)[C@@H]1c1ccccc1. The Morgan fingerprint density at radius 2 is 1.71 bits per heavy atom. The van der Waals surface area contributed by atoms with Crippen LogP contribution in [0.15, 0.2) is 54.6 Å². The normalized spacial score (nSPS) is 26.6. The zero-order valence-electron chi connectivity index (χ0n) is 14.6. The Labute approximate surface area is 143 Å². The highest BCUT2D eigenvalue weighted by Crippen LogP contribution is 2.56. The Balaban J connectivity index is 1.95. The number of para-hydroxylation sites is 1. The van der Waals surface area contributed by atoms with E-state index in [1.165, 1.54) is 11.1 Å². The van der Waals surface area contributed by atoms with E-state index in [9.17, 15) is 4.79 Å². The molecule has 3 heteroatoms. The molecule has 0 radical (unpaired) electrons. The minimum atomic E-state index is -0.461. The summed E-state index contributed by atoms with van der Waals surface area (Å²) in [6.45, 7) is 5.40. The molecule has 2 heterocycles. The molecular formula is C21H24N2O. The van der Waals surface area contributed by atoms with Crippen LogP contribution in [0.25, 0.3) is 0 Å². The lowest BCUT2D eigenvalue weighted by molar-refractivity contribution is -0.124. The van der Waals surface area contributed by atoms with Crippen molar-refractivity contribution in [2.45, 2.75) is 37.8 Å². The third-order valence-electron chi connectivity index (χ3n) is 5.77. The first kappa shape index (κ1) is 15.4. The van der Waals surface area contributed by atoms with Crippen LogP contribution < -0.4 is 4.90 Å². The summed E-state index contributed by atoms with van der Waals surface area (Å²) in [6, 6.07) is 19.3. The third-order valence-corrected chi connectivity index (χ3v) is 5.77. The second kappa shape index (κ2) is 5.45. The molecule has 2 atom stereocenters. The van der Waals surface area contributed by atoms with E-state index in [-0.39, 0.29) is 11.9 Å². The van der Waals surface area contributed by atoms with E-state index in [1.807, 2.05) is 24.1 Å². The first-order valence-electron chi connectivity index (χ1n) is 8.75. The molecule has 2 aromatic rings. The van der Waals surface area contributed by atoms with Crippen LogP contribution >= 0.6 is 0 Å². The van der Waals surface area contributed by atoms with E-state index in [4.69, 9.17) is 0 Å². The number of hydrogen-bond acceptors (Lipinski definition) is 2. The summed E-state index contributed by atoms with van der Waals surface area (Å²) >= 11 is 0. The molecule has 0 aliphatic carbocycles. The zero-order chi connectivity index (χ0) is 16.9. The van der Waals surface area contributed by atoms with Crippen LogP contribution in [0.4, 0.5) is 5.69 Å². The van der Waals surface area contributed by atoms with Gasteiger partial charge in [-0.1, -0.05) is 48.5 Å². The van der Waals surface area contributed by atoms with E-state index < -0.39 is 5.41 Å². The minimum Gasteiger partial charge on any atom is -0.314 e. The summed E-state index contributed by atoms with van der Waals surface area (Å²) in [4.78, 5) is 17.8. The average molecular weight is 320 g/mol. The van der Waals surface area contributed by atoms with Crippen molar-refractivity contribution in [2.75, 3.05) is 18.5 Å². The highest BCUT2D eigenvalue weighted by molar-refractivity contribution is 6.08. The standard InChI is InChI=1S/C21H24N2O/c1-15(2)23-14-13-21(19(23)16-9-5-4-6-10-16)17-11-7-8-12-18(17)22(3)20(21)24/h4-12,15,19H,13-14H2,1-3H3/t19-,21-/m0/s1. The summed E-state index contributed by atoms with van der Waals surface area (Å²) in [5.41, 5.74) is 3.03. The molecular weight excluding hydrogens is 296 g/mol. The lowest BCUT2D eigenvalue weighted by atomic mass is 9.72. The van der Waals surface area contributed by atoms with E-state index >= 15 is 0 Å². The number of likely N-dealkylation sites (N-methyl/N-ethyl adjacent to an activating group) is 1. The van der Waals surface area contributed by atoms with Crippen LogP contribution in [0.5, 0.6) is 0 Å². The number of likely N-dealkylation sites (tertiary alicyclic amines) is 1. The molecule has 1 amide bonds. The van der Waals surface area contributed by atoms with E-state index in [1.54, 1.807) is 0 Å². The maximum atomic E-state index is 13.4. The summed E-state index contributed by atoms with van der Waals surface area (Å²) < 4.78 is 0. The number of carbonyl (C=O) groups is 1. The molecule has 4 rings (SSSR count). The number of nitrogens with zero attached hydrogens (tertiary/aromatic N) is 2. The molecule has 2 aliphatic heterocycles. The van der Waals surface area contributed by atoms with Gasteiger partial charge < -0.3 is 4.90 Å². The molecule has 0 N–H and O–H groups in total. The molecule has 0 saturated carbocycles. The molecule has 0 bridgehead atoms. The van der Waals surface area contributed by atoms with Gasteiger partial charge in [0.25, 0.3) is 0 Å². The Bertz CT molecular complexity index is 770. The van der Waals surface area contributed by atoms with Gasteiger partial charge >= 0.3 is 0 Å². The van der Waals surface area contributed by atoms with Crippen LogP contribution in [0.2, 0.25) is 0 Å². The smallest absolute Gasteiger partial charge is 0.239 e. The summed E-state index contributed by atoms with van der Waals surface area (Å²) in [5.74, 6) is 0.237. The van der Waals surface area contributed by atoms with Gasteiger partial charge in [0.15, 0.2) is 0 Å². The largest absolute Gasteiger partial charge is 0.314 e. The van der Waals surface area contributed by atoms with Crippen molar-refractivity contribution >= 4 is 11.6 Å². The Hall–Kier alpha value is -2.13. The highest BCUT2D eigenvalue weighted by Gasteiger charge is 2.60. The van der Waals surface area contributed by atoms with Crippen molar-refractivity contribution in [3.8, 4) is 0 Å². The molecule has 1 saturated heterocycles. The minimum absolute atomic E-state index is 0.0947. The number of hydrogen-bond donors (Lipinski definition) is 0. The molecule has 2 aliphatic rings. The van der Waals surface area contributed by atoms with Gasteiger partial charge in [-0.25, -0.2) is 0 Å². The van der Waals surface area contributed by atoms with Gasteiger partial charge in [0.05, 0.1) is 11.5 Å². The maximum absolute atomic E-state index is 13.4. The third kappa shape index (κ3) is 1.91. The number of rotatable bonds is 2. The quantitative estimate of drug-likeness (QED) is 0.841. The first-order chi connectivity index (χ1) is 11.6. The topological polar surface area (TPSA) is 23.6 Å². The van der Waals surface area contributed by atoms with E-state index in [0.29, 0.717) is 6.04 Å². The van der Waals surface area contributed by atoms with Crippen LogP contribution in [0.1, 0.15) is 37.4 Å². The highest BCUT2D eigenvalue weighted by atomic mass is 16.2. The fraction of sp³-hybridized carbons (Fsp3) is 0.381. The van der Waals surface area contributed by atoms with Gasteiger partial charge in [-0.3, -0.25) is 9.69 Å².